The molecule has 0 saturated carbocycles. The van der Waals surface area contributed by atoms with Crippen LogP contribution in [0.1, 0.15) is 34.9 Å². The lowest BCUT2D eigenvalue weighted by atomic mass is 9.94. The number of nitrogens with zero attached hydrogens (tertiary/aromatic N) is 1. The average Bonchev–Trinajstić information content (AvgIpc) is 3.01. The molecule has 1 aliphatic carbocycles. The maximum Gasteiger partial charge on any atom is 0.315 e. The van der Waals surface area contributed by atoms with Crippen molar-refractivity contribution in [1.29, 1.82) is 0 Å². The van der Waals surface area contributed by atoms with Crippen LogP contribution in [-0.2, 0) is 12.8 Å². The summed E-state index contributed by atoms with van der Waals surface area (Å²) in [5, 5.41) is 22.8. The van der Waals surface area contributed by atoms with Gasteiger partial charge in [-0.3, -0.25) is 5.10 Å². The molecule has 6 heteroatoms. The van der Waals surface area contributed by atoms with Gasteiger partial charge in [0, 0.05) is 18.3 Å². The van der Waals surface area contributed by atoms with E-state index in [2.05, 4.69) is 20.8 Å². The maximum absolute atomic E-state index is 12.0. The van der Waals surface area contributed by atoms with Gasteiger partial charge >= 0.3 is 6.03 Å². The van der Waals surface area contributed by atoms with Crippen LogP contribution >= 0.6 is 0 Å². The van der Waals surface area contributed by atoms with E-state index in [1.54, 1.807) is 0 Å². The largest absolute Gasteiger partial charge is 0.387 e. The molecule has 23 heavy (non-hydrogen) atoms. The number of hydrogen-bond donors (Lipinski definition) is 4. The Morgan fingerprint density at radius 2 is 2.22 bits per heavy atom. The summed E-state index contributed by atoms with van der Waals surface area (Å²) < 4.78 is 0. The predicted molar refractivity (Wildman–Crippen MR) is 87.1 cm³/mol. The molecule has 0 saturated heterocycles. The second-order valence-electron chi connectivity index (χ2n) is 6.09. The van der Waals surface area contributed by atoms with Crippen LogP contribution in [0.3, 0.4) is 0 Å². The topological polar surface area (TPSA) is 90.0 Å². The number of urea groups is 1. The van der Waals surface area contributed by atoms with Crippen molar-refractivity contribution in [1.82, 2.24) is 20.8 Å². The van der Waals surface area contributed by atoms with E-state index >= 15 is 0 Å². The number of aryl methyl sites for hydroxylation is 2. The number of hydrogen-bond acceptors (Lipinski definition) is 3. The zero-order valence-electron chi connectivity index (χ0n) is 13.2. The molecule has 6 nitrogen and oxygen atoms in total. The number of aliphatic hydroxyl groups excluding tert-OH is 1. The number of H-pyrrole nitrogens is 1. The summed E-state index contributed by atoms with van der Waals surface area (Å²) in [6.07, 6.45) is 3.70. The van der Waals surface area contributed by atoms with Gasteiger partial charge in [0.1, 0.15) is 0 Å². The third-order valence-electron chi connectivity index (χ3n) is 4.27. The summed E-state index contributed by atoms with van der Waals surface area (Å²) in [4.78, 5) is 12.0. The van der Waals surface area contributed by atoms with Gasteiger partial charge in [-0.2, -0.15) is 5.10 Å². The van der Waals surface area contributed by atoms with E-state index < -0.39 is 6.10 Å². The van der Waals surface area contributed by atoms with E-state index in [1.165, 1.54) is 11.3 Å². The molecule has 1 aromatic carbocycles. The van der Waals surface area contributed by atoms with Gasteiger partial charge in [0.05, 0.1) is 12.3 Å². The van der Waals surface area contributed by atoms with Gasteiger partial charge < -0.3 is 15.7 Å². The van der Waals surface area contributed by atoms with Crippen molar-refractivity contribution in [3.63, 3.8) is 0 Å². The fourth-order valence-corrected chi connectivity index (χ4v) is 2.87. The molecule has 0 spiro atoms. The van der Waals surface area contributed by atoms with Crippen molar-refractivity contribution in [2.24, 2.45) is 0 Å². The number of aliphatic hydroxyl groups is 1. The summed E-state index contributed by atoms with van der Waals surface area (Å²) in [5.41, 5.74) is 4.28. The number of carbonyl (C=O) groups is 1. The van der Waals surface area contributed by atoms with Gasteiger partial charge in [-0.25, -0.2) is 4.79 Å². The number of amides is 2. The molecule has 2 unspecified atom stereocenters. The number of nitrogens with one attached hydrogen (secondary N) is 3. The number of aromatic amines is 1. The zero-order valence-corrected chi connectivity index (χ0v) is 13.2. The first-order valence-electron chi connectivity index (χ1n) is 7.92. The Bertz CT molecular complexity index is 665. The van der Waals surface area contributed by atoms with Crippen LogP contribution in [0.25, 0.3) is 0 Å². The van der Waals surface area contributed by atoms with Crippen LogP contribution in [0.4, 0.5) is 4.79 Å². The highest BCUT2D eigenvalue weighted by Crippen LogP contribution is 2.18. The number of aromatic nitrogens is 2. The first-order chi connectivity index (χ1) is 11.1. The van der Waals surface area contributed by atoms with Crippen LogP contribution in [-0.4, -0.2) is 33.9 Å². The van der Waals surface area contributed by atoms with Gasteiger partial charge in [-0.05, 0) is 37.3 Å². The fraction of sp³-hybridized carbons (Fsp3) is 0.412. The summed E-state index contributed by atoms with van der Waals surface area (Å²) >= 11 is 0. The number of carbonyl (C=O) groups excluding carboxylic acids is 1. The van der Waals surface area contributed by atoms with Crippen molar-refractivity contribution in [2.45, 2.75) is 38.3 Å². The van der Waals surface area contributed by atoms with Crippen LogP contribution in [0.5, 0.6) is 0 Å². The van der Waals surface area contributed by atoms with Gasteiger partial charge in [-0.15, -0.1) is 0 Å². The zero-order chi connectivity index (χ0) is 16.2. The smallest absolute Gasteiger partial charge is 0.315 e. The lowest BCUT2D eigenvalue weighted by Gasteiger charge is -2.23. The third-order valence-corrected chi connectivity index (χ3v) is 4.27. The highest BCUT2D eigenvalue weighted by atomic mass is 16.3. The van der Waals surface area contributed by atoms with E-state index in [0.29, 0.717) is 0 Å². The maximum atomic E-state index is 12.0. The number of rotatable bonds is 4. The summed E-state index contributed by atoms with van der Waals surface area (Å²) in [5.74, 6) is 0. The number of benzene rings is 1. The molecule has 1 heterocycles. The van der Waals surface area contributed by atoms with Crippen molar-refractivity contribution >= 4 is 6.03 Å². The lowest BCUT2D eigenvalue weighted by molar-refractivity contribution is 0.172. The standard InChI is InChI=1S/C17H22N4O2/c1-11-2-4-12(5-3-11)16(22)10-18-17(23)20-14-6-7-15-13(8-14)9-19-21-15/h2-5,9,14,16,22H,6-8,10H2,1H3,(H,19,21)(H2,18,20,23). The Hall–Kier alpha value is -2.34. The fourth-order valence-electron chi connectivity index (χ4n) is 2.87. The van der Waals surface area contributed by atoms with Crippen molar-refractivity contribution in [2.75, 3.05) is 6.54 Å². The molecule has 2 atom stereocenters. The normalized spacial score (nSPS) is 18.1. The molecule has 122 valence electrons. The number of fused-ring (bicyclic) bond motifs is 1. The molecule has 0 fully saturated rings. The van der Waals surface area contributed by atoms with E-state index in [1.807, 2.05) is 37.4 Å². The molecule has 0 aliphatic heterocycles. The Balaban J connectivity index is 1.45. The quantitative estimate of drug-likeness (QED) is 0.691. The molecule has 2 amide bonds. The SMILES string of the molecule is Cc1ccc(C(O)CNC(=O)NC2CCc3[nH]ncc3C2)cc1. The van der Waals surface area contributed by atoms with E-state index in [0.717, 1.165) is 30.4 Å². The molecular formula is C17H22N4O2. The highest BCUT2D eigenvalue weighted by Gasteiger charge is 2.21. The monoisotopic (exact) mass is 314 g/mol. The molecular weight excluding hydrogens is 292 g/mol. The van der Waals surface area contributed by atoms with Gasteiger partial charge in [0.15, 0.2) is 0 Å². The summed E-state index contributed by atoms with van der Waals surface area (Å²) in [6, 6.07) is 7.51. The summed E-state index contributed by atoms with van der Waals surface area (Å²) in [6.45, 7) is 2.19. The Morgan fingerprint density at radius 3 is 3.00 bits per heavy atom. The molecule has 4 N–H and O–H groups in total. The Morgan fingerprint density at radius 1 is 1.43 bits per heavy atom. The van der Waals surface area contributed by atoms with Crippen LogP contribution in [0.2, 0.25) is 0 Å². The molecule has 1 aliphatic rings. The molecule has 3 rings (SSSR count). The first kappa shape index (κ1) is 15.6. The second-order valence-corrected chi connectivity index (χ2v) is 6.09. The van der Waals surface area contributed by atoms with Gasteiger partial charge in [0.2, 0.25) is 0 Å². The van der Waals surface area contributed by atoms with Gasteiger partial charge in [0.25, 0.3) is 0 Å². The van der Waals surface area contributed by atoms with Crippen molar-refractivity contribution in [3.05, 3.63) is 52.8 Å². The van der Waals surface area contributed by atoms with E-state index in [9.17, 15) is 9.90 Å². The highest BCUT2D eigenvalue weighted by molar-refractivity contribution is 5.74. The van der Waals surface area contributed by atoms with Crippen molar-refractivity contribution < 1.29 is 9.90 Å². The molecule has 1 aromatic heterocycles. The predicted octanol–water partition coefficient (Wildman–Crippen LogP) is 1.61. The minimum absolute atomic E-state index is 0.108. The van der Waals surface area contributed by atoms with E-state index in [4.69, 9.17) is 0 Å². The molecule has 0 radical (unpaired) electrons. The molecule has 2 aromatic rings. The Kier molecular flexibility index (Phi) is 4.62. The van der Waals surface area contributed by atoms with E-state index in [-0.39, 0.29) is 18.6 Å². The molecule has 0 bridgehead atoms. The van der Waals surface area contributed by atoms with Crippen LogP contribution < -0.4 is 10.6 Å². The van der Waals surface area contributed by atoms with Crippen LogP contribution in [0.15, 0.2) is 30.5 Å². The third kappa shape index (κ3) is 3.90. The minimum Gasteiger partial charge on any atom is -0.387 e. The van der Waals surface area contributed by atoms with Gasteiger partial charge in [-0.1, -0.05) is 29.8 Å². The summed E-state index contributed by atoms with van der Waals surface area (Å²) in [7, 11) is 0. The second kappa shape index (κ2) is 6.83. The Labute approximate surface area is 135 Å². The lowest BCUT2D eigenvalue weighted by Crippen LogP contribution is -2.45. The van der Waals surface area contributed by atoms with Crippen molar-refractivity contribution in [3.8, 4) is 0 Å². The van der Waals surface area contributed by atoms with Crippen LogP contribution in [0, 0.1) is 6.92 Å². The average molecular weight is 314 g/mol. The first-order valence-corrected chi connectivity index (χ1v) is 7.92. The minimum atomic E-state index is -0.701.